The Bertz CT molecular complexity index is 582. The molecule has 0 spiro atoms. The minimum atomic E-state index is 0.405. The highest BCUT2D eigenvalue weighted by molar-refractivity contribution is 7.10. The van der Waals surface area contributed by atoms with Gasteiger partial charge < -0.3 is 5.32 Å². The number of rotatable bonds is 4. The smallest absolute Gasteiger partial charge is 0.0336 e. The van der Waals surface area contributed by atoms with Crippen LogP contribution in [0.5, 0.6) is 0 Å². The van der Waals surface area contributed by atoms with Gasteiger partial charge in [0.25, 0.3) is 0 Å². The second-order valence-electron chi connectivity index (χ2n) is 6.45. The van der Waals surface area contributed by atoms with Crippen molar-refractivity contribution in [3.63, 3.8) is 0 Å². The summed E-state index contributed by atoms with van der Waals surface area (Å²) in [5.74, 6) is 0.606. The first-order valence-electron chi connectivity index (χ1n) is 8.07. The maximum Gasteiger partial charge on any atom is 0.0336 e. The van der Waals surface area contributed by atoms with Gasteiger partial charge in [0.05, 0.1) is 0 Å². The molecular weight excluding hydrogens is 274 g/mol. The molecule has 21 heavy (non-hydrogen) atoms. The minimum Gasteiger partial charge on any atom is -0.303 e. The molecule has 0 saturated heterocycles. The van der Waals surface area contributed by atoms with Crippen molar-refractivity contribution in [3.8, 4) is 0 Å². The van der Waals surface area contributed by atoms with Crippen molar-refractivity contribution < 1.29 is 0 Å². The van der Waals surface area contributed by atoms with Crippen molar-refractivity contribution in [1.29, 1.82) is 0 Å². The molecule has 1 nitrogen and oxygen atoms in total. The summed E-state index contributed by atoms with van der Waals surface area (Å²) in [5, 5.41) is 6.08. The Balaban J connectivity index is 1.71. The van der Waals surface area contributed by atoms with Gasteiger partial charge in [-0.2, -0.15) is 0 Å². The Morgan fingerprint density at radius 1 is 1.05 bits per heavy atom. The molecule has 112 valence electrons. The van der Waals surface area contributed by atoms with Crippen LogP contribution in [0.1, 0.15) is 73.2 Å². The summed E-state index contributed by atoms with van der Waals surface area (Å²) < 4.78 is 0. The van der Waals surface area contributed by atoms with E-state index < -0.39 is 0 Å². The van der Waals surface area contributed by atoms with Gasteiger partial charge in [0.15, 0.2) is 0 Å². The molecule has 2 unspecified atom stereocenters. The molecule has 2 atom stereocenters. The van der Waals surface area contributed by atoms with Gasteiger partial charge in [0, 0.05) is 17.0 Å². The fourth-order valence-corrected chi connectivity index (χ4v) is 4.21. The molecule has 2 aromatic rings. The highest BCUT2D eigenvalue weighted by atomic mass is 32.1. The lowest BCUT2D eigenvalue weighted by Crippen LogP contribution is -2.27. The topological polar surface area (TPSA) is 12.0 Å². The second kappa shape index (κ2) is 6.33. The predicted molar refractivity (Wildman–Crippen MR) is 92.1 cm³/mol. The summed E-state index contributed by atoms with van der Waals surface area (Å²) in [6.07, 6.45) is 3.84. The van der Waals surface area contributed by atoms with E-state index in [1.54, 1.807) is 4.88 Å². The van der Waals surface area contributed by atoms with E-state index in [0.29, 0.717) is 18.0 Å². The molecule has 1 aliphatic carbocycles. The molecule has 1 aromatic heterocycles. The number of hydrogen-bond donors (Lipinski definition) is 1. The molecule has 0 aliphatic heterocycles. The standard InChI is InChI=1S/C19H25NS/c1-13(2)15-7-9-16(10-8-15)14(3)20-18-5-4-6-19-17(18)11-12-21-19/h7-14,18,20H,4-6H2,1-3H3. The Morgan fingerprint density at radius 2 is 1.76 bits per heavy atom. The Morgan fingerprint density at radius 3 is 2.48 bits per heavy atom. The number of benzene rings is 1. The fraction of sp³-hybridized carbons (Fsp3) is 0.474. The SMILES string of the molecule is CC(C)c1ccc(C(C)NC2CCCc3sccc32)cc1. The lowest BCUT2D eigenvalue weighted by atomic mass is 9.92. The van der Waals surface area contributed by atoms with Crippen molar-refractivity contribution in [2.75, 3.05) is 0 Å². The van der Waals surface area contributed by atoms with Crippen LogP contribution in [0.2, 0.25) is 0 Å². The predicted octanol–water partition coefficient (Wildman–Crippen LogP) is 5.60. The van der Waals surface area contributed by atoms with Gasteiger partial charge in [-0.25, -0.2) is 0 Å². The van der Waals surface area contributed by atoms with E-state index >= 15 is 0 Å². The monoisotopic (exact) mass is 299 g/mol. The van der Waals surface area contributed by atoms with Crippen LogP contribution in [0.3, 0.4) is 0 Å². The number of fused-ring (bicyclic) bond motifs is 1. The fourth-order valence-electron chi connectivity index (χ4n) is 3.23. The van der Waals surface area contributed by atoms with Crippen LogP contribution in [0, 0.1) is 0 Å². The van der Waals surface area contributed by atoms with Gasteiger partial charge >= 0.3 is 0 Å². The van der Waals surface area contributed by atoms with Crippen molar-refractivity contribution in [2.24, 2.45) is 0 Å². The third-order valence-corrected chi connectivity index (χ3v) is 5.60. The van der Waals surface area contributed by atoms with Gasteiger partial charge in [0.1, 0.15) is 0 Å². The Kier molecular flexibility index (Phi) is 4.46. The van der Waals surface area contributed by atoms with Gasteiger partial charge in [0.2, 0.25) is 0 Å². The number of thiophene rings is 1. The van der Waals surface area contributed by atoms with Crippen molar-refractivity contribution >= 4 is 11.3 Å². The van der Waals surface area contributed by atoms with Gasteiger partial charge in [-0.1, -0.05) is 38.1 Å². The second-order valence-corrected chi connectivity index (χ2v) is 7.45. The zero-order valence-corrected chi connectivity index (χ0v) is 14.0. The van der Waals surface area contributed by atoms with Gasteiger partial charge in [-0.05, 0) is 60.2 Å². The zero-order chi connectivity index (χ0) is 14.8. The normalized spacial score (nSPS) is 19.5. The molecule has 3 rings (SSSR count). The lowest BCUT2D eigenvalue weighted by molar-refractivity contribution is 0.418. The molecule has 0 amide bonds. The van der Waals surface area contributed by atoms with E-state index in [0.717, 1.165) is 0 Å². The molecule has 0 bridgehead atoms. The van der Waals surface area contributed by atoms with Crippen LogP contribution < -0.4 is 5.32 Å². The average Bonchev–Trinajstić information content (AvgIpc) is 2.97. The van der Waals surface area contributed by atoms with E-state index in [2.05, 4.69) is 61.8 Å². The first-order valence-corrected chi connectivity index (χ1v) is 8.95. The molecule has 1 heterocycles. The highest BCUT2D eigenvalue weighted by Crippen LogP contribution is 2.34. The summed E-state index contributed by atoms with van der Waals surface area (Å²) >= 11 is 1.92. The first kappa shape index (κ1) is 14.8. The molecule has 2 heteroatoms. The van der Waals surface area contributed by atoms with Gasteiger partial charge in [-0.15, -0.1) is 11.3 Å². The summed E-state index contributed by atoms with van der Waals surface area (Å²) in [7, 11) is 0. The van der Waals surface area contributed by atoms with Crippen molar-refractivity contribution in [1.82, 2.24) is 5.32 Å². The molecule has 1 aliphatic rings. The molecule has 0 fully saturated rings. The number of aryl methyl sites for hydroxylation is 1. The maximum atomic E-state index is 3.83. The van der Waals surface area contributed by atoms with E-state index in [1.807, 2.05) is 11.3 Å². The van der Waals surface area contributed by atoms with Crippen molar-refractivity contribution in [2.45, 2.75) is 58.0 Å². The molecule has 1 aromatic carbocycles. The Labute approximate surface area is 132 Å². The van der Waals surface area contributed by atoms with Crippen LogP contribution in [0.4, 0.5) is 0 Å². The van der Waals surface area contributed by atoms with Gasteiger partial charge in [-0.3, -0.25) is 0 Å². The summed E-state index contributed by atoms with van der Waals surface area (Å²) in [4.78, 5) is 1.58. The quantitative estimate of drug-likeness (QED) is 0.775. The molecule has 0 radical (unpaired) electrons. The van der Waals surface area contributed by atoms with E-state index in [-0.39, 0.29) is 0 Å². The van der Waals surface area contributed by atoms with Crippen molar-refractivity contribution in [3.05, 3.63) is 57.3 Å². The summed E-state index contributed by atoms with van der Waals surface area (Å²) in [5.41, 5.74) is 4.35. The minimum absolute atomic E-state index is 0.405. The lowest BCUT2D eigenvalue weighted by Gasteiger charge is -2.27. The van der Waals surface area contributed by atoms with E-state index in [4.69, 9.17) is 0 Å². The van der Waals surface area contributed by atoms with Crippen LogP contribution in [0.25, 0.3) is 0 Å². The third kappa shape index (κ3) is 3.22. The van der Waals surface area contributed by atoms with E-state index in [9.17, 15) is 0 Å². The van der Waals surface area contributed by atoms with Crippen LogP contribution in [-0.4, -0.2) is 0 Å². The summed E-state index contributed by atoms with van der Waals surface area (Å²) in [6, 6.07) is 12.4. The third-order valence-electron chi connectivity index (χ3n) is 4.61. The largest absolute Gasteiger partial charge is 0.303 e. The maximum absolute atomic E-state index is 3.83. The first-order chi connectivity index (χ1) is 10.1. The number of hydrogen-bond acceptors (Lipinski definition) is 2. The van der Waals surface area contributed by atoms with Crippen LogP contribution in [-0.2, 0) is 6.42 Å². The van der Waals surface area contributed by atoms with Crippen LogP contribution >= 0.6 is 11.3 Å². The number of nitrogens with one attached hydrogen (secondary N) is 1. The average molecular weight is 299 g/mol. The molecular formula is C19H25NS. The molecule has 0 saturated carbocycles. The Hall–Kier alpha value is -1.12. The summed E-state index contributed by atoms with van der Waals surface area (Å²) in [6.45, 7) is 6.78. The van der Waals surface area contributed by atoms with E-state index in [1.165, 1.54) is 36.0 Å². The zero-order valence-electron chi connectivity index (χ0n) is 13.2. The highest BCUT2D eigenvalue weighted by Gasteiger charge is 2.22. The molecule has 1 N–H and O–H groups in total. The van der Waals surface area contributed by atoms with Crippen LogP contribution in [0.15, 0.2) is 35.7 Å².